The first-order chi connectivity index (χ1) is 23.5. The number of carbonyl (C=O) groups excluding carboxylic acids is 1. The number of aromatic nitrogens is 3. The number of pyridine rings is 1. The molecule has 250 valence electrons. The molecule has 0 saturated carbocycles. The Hall–Kier alpha value is -5.24. The molecule has 0 atom stereocenters. The molecule has 4 aromatic rings. The van der Waals surface area contributed by atoms with Crippen LogP contribution in [0.2, 0.25) is 5.02 Å². The van der Waals surface area contributed by atoms with E-state index in [2.05, 4.69) is 40.9 Å². The minimum absolute atomic E-state index is 0.241. The van der Waals surface area contributed by atoms with Crippen LogP contribution in [0, 0.1) is 0 Å². The van der Waals surface area contributed by atoms with Gasteiger partial charge in [-0.05, 0) is 61.1 Å². The van der Waals surface area contributed by atoms with E-state index in [0.717, 1.165) is 17.1 Å². The number of hydrogen-bond donors (Lipinski definition) is 3. The van der Waals surface area contributed by atoms with Crippen LogP contribution < -0.4 is 20.7 Å². The maximum absolute atomic E-state index is 12.5. The predicted octanol–water partition coefficient (Wildman–Crippen LogP) is 6.36. The summed E-state index contributed by atoms with van der Waals surface area (Å²) in [5.41, 5.74) is 11.1. The molecular weight excluding hydrogens is 636 g/mol. The number of ether oxygens (including phenoxy) is 3. The average Bonchev–Trinajstić information content (AvgIpc) is 3.08. The average molecular weight is 673 g/mol. The summed E-state index contributed by atoms with van der Waals surface area (Å²) >= 11 is 6.46. The first-order valence-corrected chi connectivity index (χ1v) is 15.5. The van der Waals surface area contributed by atoms with Crippen molar-refractivity contribution in [1.29, 1.82) is 0 Å². The number of nitrogens with zero attached hydrogens (tertiary/aromatic N) is 7. The molecule has 0 unspecified atom stereocenters. The summed E-state index contributed by atoms with van der Waals surface area (Å²) in [4.78, 5) is 30.1. The van der Waals surface area contributed by atoms with Crippen molar-refractivity contribution < 1.29 is 19.0 Å². The Morgan fingerprint density at radius 1 is 0.938 bits per heavy atom. The van der Waals surface area contributed by atoms with E-state index in [1.54, 1.807) is 36.5 Å². The fourth-order valence-electron chi connectivity index (χ4n) is 4.10. The second-order valence-corrected chi connectivity index (χ2v) is 10.6. The summed E-state index contributed by atoms with van der Waals surface area (Å²) in [5.74, 6) is 1.43. The van der Waals surface area contributed by atoms with Gasteiger partial charge in [0.05, 0.1) is 37.1 Å². The number of anilines is 5. The molecule has 2 aromatic heterocycles. The largest absolute Gasteiger partial charge is 0.486 e. The minimum atomic E-state index is -0.241. The number of rotatable bonds is 20. The maximum atomic E-state index is 12.5. The van der Waals surface area contributed by atoms with Gasteiger partial charge in [0.2, 0.25) is 5.91 Å². The predicted molar refractivity (Wildman–Crippen MR) is 186 cm³/mol. The Morgan fingerprint density at radius 3 is 2.46 bits per heavy atom. The van der Waals surface area contributed by atoms with Crippen molar-refractivity contribution in [2.45, 2.75) is 6.61 Å². The van der Waals surface area contributed by atoms with Gasteiger partial charge in [-0.15, -0.1) is 0 Å². The van der Waals surface area contributed by atoms with Crippen LogP contribution >= 0.6 is 11.6 Å². The van der Waals surface area contributed by atoms with E-state index in [9.17, 15) is 4.79 Å². The highest BCUT2D eigenvalue weighted by Gasteiger charge is 2.07. The highest BCUT2D eigenvalue weighted by molar-refractivity contribution is 6.32. The molecule has 0 aliphatic rings. The quantitative estimate of drug-likeness (QED) is 0.0315. The third kappa shape index (κ3) is 13.2. The van der Waals surface area contributed by atoms with E-state index in [1.807, 2.05) is 54.4 Å². The molecule has 0 spiro atoms. The third-order valence-corrected chi connectivity index (χ3v) is 6.75. The number of hydrogen-bond acceptors (Lipinski definition) is 11. The van der Waals surface area contributed by atoms with Crippen LogP contribution in [0.25, 0.3) is 10.4 Å². The molecule has 0 bridgehead atoms. The van der Waals surface area contributed by atoms with Crippen LogP contribution in [0.5, 0.6) is 5.75 Å². The zero-order valence-corrected chi connectivity index (χ0v) is 27.2. The van der Waals surface area contributed by atoms with E-state index in [-0.39, 0.29) is 5.91 Å². The number of benzene rings is 2. The van der Waals surface area contributed by atoms with Gasteiger partial charge < -0.3 is 35.1 Å². The highest BCUT2D eigenvalue weighted by atomic mass is 35.5. The van der Waals surface area contributed by atoms with Crippen molar-refractivity contribution in [1.82, 2.24) is 19.9 Å². The second-order valence-electron chi connectivity index (χ2n) is 10.2. The van der Waals surface area contributed by atoms with Gasteiger partial charge in [0.1, 0.15) is 30.3 Å². The highest BCUT2D eigenvalue weighted by Crippen LogP contribution is 2.30. The number of likely N-dealkylation sites (N-methyl/N-ethyl adjacent to an activating group) is 1. The van der Waals surface area contributed by atoms with Crippen molar-refractivity contribution in [3.05, 3.63) is 113 Å². The fraction of sp³-hybridized carbons (Fsp3) is 0.273. The van der Waals surface area contributed by atoms with Crippen molar-refractivity contribution in [3.8, 4) is 5.75 Å². The SMILES string of the molecule is CN(CC=CC(=O)Nc1cccc(Nc2cc(Nc3ccc(OCc4ccccn4)c(Cl)c3)ncn2)c1)CCOCCOCCN=[N+]=[N-]. The Bertz CT molecular complexity index is 1670. The molecule has 15 heteroatoms. The molecule has 2 aromatic carbocycles. The molecule has 14 nitrogen and oxygen atoms in total. The van der Waals surface area contributed by atoms with Crippen LogP contribution in [0.4, 0.5) is 28.7 Å². The number of carbonyl (C=O) groups is 1. The normalized spacial score (nSPS) is 10.9. The first kappa shape index (κ1) is 35.6. The van der Waals surface area contributed by atoms with E-state index in [1.165, 1.54) is 12.4 Å². The standard InChI is InChI=1S/C33H37ClN10O4/c1-44(15-17-47-19-18-46-16-13-39-43-35)14-5-9-33(45)42-26-8-4-7-25(20-26)40-31-22-32(38-24-37-31)41-27-10-11-30(29(34)21-27)48-23-28-6-2-3-12-36-28/h2-12,20-22,24H,13-19,23H2,1H3,(H,42,45)(H2,37,38,40,41). The van der Waals surface area contributed by atoms with Crippen LogP contribution in [0.15, 0.2) is 96.5 Å². The molecule has 3 N–H and O–H groups in total. The van der Waals surface area contributed by atoms with Gasteiger partial charge in [-0.25, -0.2) is 9.97 Å². The van der Waals surface area contributed by atoms with E-state index < -0.39 is 0 Å². The van der Waals surface area contributed by atoms with Crippen molar-refractivity contribution >= 4 is 46.2 Å². The molecule has 0 radical (unpaired) electrons. The van der Waals surface area contributed by atoms with Crippen LogP contribution in [-0.2, 0) is 20.9 Å². The Labute approximate surface area is 283 Å². The van der Waals surface area contributed by atoms with Crippen LogP contribution in [0.1, 0.15) is 5.69 Å². The molecular formula is C33H37ClN10O4. The summed E-state index contributed by atoms with van der Waals surface area (Å²) < 4.78 is 16.6. The lowest BCUT2D eigenvalue weighted by Crippen LogP contribution is -2.24. The summed E-state index contributed by atoms with van der Waals surface area (Å²) in [7, 11) is 1.94. The molecule has 1 amide bonds. The molecule has 4 rings (SSSR count). The van der Waals surface area contributed by atoms with E-state index >= 15 is 0 Å². The lowest BCUT2D eigenvalue weighted by atomic mass is 10.2. The molecule has 0 aliphatic carbocycles. The lowest BCUT2D eigenvalue weighted by molar-refractivity contribution is -0.111. The smallest absolute Gasteiger partial charge is 0.248 e. The van der Waals surface area contributed by atoms with Gasteiger partial charge in [0.15, 0.2) is 0 Å². The van der Waals surface area contributed by atoms with E-state index in [4.69, 9.17) is 31.3 Å². The maximum Gasteiger partial charge on any atom is 0.248 e. The molecule has 2 heterocycles. The van der Waals surface area contributed by atoms with Gasteiger partial charge >= 0.3 is 0 Å². The van der Waals surface area contributed by atoms with Crippen molar-refractivity contribution in [3.63, 3.8) is 0 Å². The summed E-state index contributed by atoms with van der Waals surface area (Å²) in [6, 6.07) is 20.1. The van der Waals surface area contributed by atoms with Gasteiger partial charge in [0.25, 0.3) is 0 Å². The summed E-state index contributed by atoms with van der Waals surface area (Å²) in [5, 5.41) is 13.2. The fourth-order valence-corrected chi connectivity index (χ4v) is 4.34. The third-order valence-electron chi connectivity index (χ3n) is 6.45. The number of amides is 1. The minimum Gasteiger partial charge on any atom is -0.486 e. The molecule has 0 fully saturated rings. The summed E-state index contributed by atoms with van der Waals surface area (Å²) in [6.07, 6.45) is 6.46. The van der Waals surface area contributed by atoms with Gasteiger partial charge in [-0.3, -0.25) is 9.78 Å². The Balaban J connectivity index is 1.19. The Morgan fingerprint density at radius 2 is 1.71 bits per heavy atom. The zero-order chi connectivity index (χ0) is 33.8. The van der Waals surface area contributed by atoms with Gasteiger partial charge in [-0.1, -0.05) is 34.9 Å². The molecule has 48 heavy (non-hydrogen) atoms. The number of halogens is 1. The second kappa shape index (κ2) is 20.1. The topological polar surface area (TPSA) is 172 Å². The van der Waals surface area contributed by atoms with Crippen LogP contribution in [-0.4, -0.2) is 78.9 Å². The van der Waals surface area contributed by atoms with Crippen molar-refractivity contribution in [2.24, 2.45) is 5.11 Å². The first-order valence-electron chi connectivity index (χ1n) is 15.1. The van der Waals surface area contributed by atoms with Crippen LogP contribution in [0.3, 0.4) is 0 Å². The number of azide groups is 1. The monoisotopic (exact) mass is 672 g/mol. The lowest BCUT2D eigenvalue weighted by Gasteiger charge is -2.14. The van der Waals surface area contributed by atoms with E-state index in [0.29, 0.717) is 80.8 Å². The summed E-state index contributed by atoms with van der Waals surface area (Å²) in [6.45, 7) is 3.71. The van der Waals surface area contributed by atoms with Crippen molar-refractivity contribution in [2.75, 3.05) is 69.1 Å². The molecule has 0 aliphatic heterocycles. The van der Waals surface area contributed by atoms with Gasteiger partial charge in [-0.2, -0.15) is 0 Å². The number of nitrogens with one attached hydrogen (secondary N) is 3. The van der Waals surface area contributed by atoms with Gasteiger partial charge in [0, 0.05) is 59.9 Å². The zero-order valence-electron chi connectivity index (χ0n) is 26.5. The Kier molecular flexibility index (Phi) is 14.9. The molecule has 0 saturated heterocycles.